The summed E-state index contributed by atoms with van der Waals surface area (Å²) in [6.07, 6.45) is 0.586. The molecule has 0 fully saturated rings. The van der Waals surface area contributed by atoms with Crippen LogP contribution in [0.3, 0.4) is 0 Å². The van der Waals surface area contributed by atoms with Crippen LogP contribution in [0.2, 0.25) is 9.36 Å². The van der Waals surface area contributed by atoms with Crippen molar-refractivity contribution < 1.29 is 19.4 Å². The van der Waals surface area contributed by atoms with E-state index in [1.807, 2.05) is 24.3 Å². The number of phenolic OH excluding ortho intramolecular Hbond substituents is 1. The molecular formula is C21H18Cl2N2O4S. The fourth-order valence-corrected chi connectivity index (χ4v) is 4.04. The van der Waals surface area contributed by atoms with Gasteiger partial charge in [-0.15, -0.1) is 11.3 Å². The molecule has 9 heteroatoms. The minimum absolute atomic E-state index is 0.0558. The molecule has 1 heterocycles. The zero-order valence-electron chi connectivity index (χ0n) is 15.9. The Morgan fingerprint density at radius 1 is 1.10 bits per heavy atom. The van der Waals surface area contributed by atoms with Crippen molar-refractivity contribution in [2.75, 3.05) is 19.0 Å². The Balaban J connectivity index is 1.67. The molecule has 0 spiro atoms. The van der Waals surface area contributed by atoms with E-state index in [1.54, 1.807) is 7.11 Å². The van der Waals surface area contributed by atoms with Crippen LogP contribution in [0.25, 0.3) is 0 Å². The van der Waals surface area contributed by atoms with Crippen molar-refractivity contribution in [3.63, 3.8) is 0 Å². The molecule has 0 atom stereocenters. The van der Waals surface area contributed by atoms with Crippen LogP contribution < -0.4 is 15.4 Å². The lowest BCUT2D eigenvalue weighted by Crippen LogP contribution is -2.26. The average Bonchev–Trinajstić information content (AvgIpc) is 3.10. The van der Waals surface area contributed by atoms with Gasteiger partial charge >= 0.3 is 0 Å². The molecule has 0 saturated carbocycles. The minimum atomic E-state index is -0.477. The highest BCUT2D eigenvalue weighted by atomic mass is 35.5. The number of ether oxygens (including phenoxy) is 1. The van der Waals surface area contributed by atoms with E-state index >= 15 is 0 Å². The number of carbonyl (C=O) groups is 2. The summed E-state index contributed by atoms with van der Waals surface area (Å²) in [6, 6.07) is 13.2. The van der Waals surface area contributed by atoms with E-state index in [9.17, 15) is 14.7 Å². The molecule has 3 aromatic rings. The Morgan fingerprint density at radius 3 is 2.60 bits per heavy atom. The van der Waals surface area contributed by atoms with Crippen LogP contribution in [-0.4, -0.2) is 30.6 Å². The van der Waals surface area contributed by atoms with Gasteiger partial charge in [0.2, 0.25) is 0 Å². The Morgan fingerprint density at radius 2 is 1.87 bits per heavy atom. The first-order valence-electron chi connectivity index (χ1n) is 8.88. The summed E-state index contributed by atoms with van der Waals surface area (Å²) in [6.45, 7) is 0.385. The van der Waals surface area contributed by atoms with Crippen LogP contribution in [-0.2, 0) is 6.42 Å². The van der Waals surface area contributed by atoms with Crippen molar-refractivity contribution >= 4 is 52.0 Å². The van der Waals surface area contributed by atoms with E-state index in [1.165, 1.54) is 24.3 Å². The fraction of sp³-hybridized carbons (Fsp3) is 0.143. The SMILES string of the molecule is COc1ccccc1CCNC(=O)c1sc(Cl)cc1NC(=O)c1ccc(O)c(Cl)c1. The molecule has 3 rings (SSSR count). The lowest BCUT2D eigenvalue weighted by atomic mass is 10.1. The van der Waals surface area contributed by atoms with Gasteiger partial charge in [-0.05, 0) is 42.3 Å². The third-order valence-electron chi connectivity index (χ3n) is 4.24. The summed E-state index contributed by atoms with van der Waals surface area (Å²) in [5.41, 5.74) is 1.51. The predicted octanol–water partition coefficient (Wildman–Crippen LogP) is 4.99. The summed E-state index contributed by atoms with van der Waals surface area (Å²) in [7, 11) is 1.60. The number of para-hydroxylation sites is 1. The van der Waals surface area contributed by atoms with Gasteiger partial charge in [-0.25, -0.2) is 0 Å². The smallest absolute Gasteiger partial charge is 0.263 e. The van der Waals surface area contributed by atoms with E-state index < -0.39 is 5.91 Å². The Hall–Kier alpha value is -2.74. The highest BCUT2D eigenvalue weighted by molar-refractivity contribution is 7.18. The number of rotatable bonds is 7. The number of amides is 2. The first kappa shape index (κ1) is 22.0. The third kappa shape index (κ3) is 5.24. The number of hydrogen-bond acceptors (Lipinski definition) is 5. The third-order valence-corrected chi connectivity index (χ3v) is 5.80. The highest BCUT2D eigenvalue weighted by Gasteiger charge is 2.19. The van der Waals surface area contributed by atoms with Gasteiger partial charge in [0.05, 0.1) is 22.2 Å². The van der Waals surface area contributed by atoms with Crippen LogP contribution in [0.5, 0.6) is 11.5 Å². The molecule has 0 unspecified atom stereocenters. The van der Waals surface area contributed by atoms with E-state index in [0.717, 1.165) is 22.6 Å². The van der Waals surface area contributed by atoms with E-state index in [4.69, 9.17) is 27.9 Å². The second-order valence-corrected chi connectivity index (χ2v) is 8.32. The Labute approximate surface area is 187 Å². The van der Waals surface area contributed by atoms with Crippen molar-refractivity contribution in [2.45, 2.75) is 6.42 Å². The molecule has 2 aromatic carbocycles. The van der Waals surface area contributed by atoms with Gasteiger partial charge in [0.15, 0.2) is 0 Å². The van der Waals surface area contributed by atoms with Crippen LogP contribution in [0, 0.1) is 0 Å². The van der Waals surface area contributed by atoms with Gasteiger partial charge in [0, 0.05) is 12.1 Å². The minimum Gasteiger partial charge on any atom is -0.506 e. The standard InChI is InChI=1S/C21H18Cl2N2O4S/c1-29-17-5-3-2-4-12(17)8-9-24-21(28)19-15(11-18(23)30-19)25-20(27)13-6-7-16(26)14(22)10-13/h2-7,10-11,26H,8-9H2,1H3,(H,24,28)(H,25,27). The first-order chi connectivity index (χ1) is 14.4. The number of thiophene rings is 1. The molecule has 0 aliphatic heterocycles. The van der Waals surface area contributed by atoms with Crippen molar-refractivity contribution in [3.05, 3.63) is 73.9 Å². The molecule has 6 nitrogen and oxygen atoms in total. The Bertz CT molecular complexity index is 1080. The second kappa shape index (κ2) is 9.84. The molecule has 0 aliphatic carbocycles. The number of phenols is 1. The lowest BCUT2D eigenvalue weighted by molar-refractivity contribution is 0.0959. The van der Waals surface area contributed by atoms with E-state index in [2.05, 4.69) is 10.6 Å². The molecule has 0 aliphatic rings. The number of hydrogen-bond donors (Lipinski definition) is 3. The van der Waals surface area contributed by atoms with Crippen molar-refractivity contribution in [2.24, 2.45) is 0 Å². The van der Waals surface area contributed by atoms with Crippen molar-refractivity contribution in [1.82, 2.24) is 5.32 Å². The number of nitrogens with one attached hydrogen (secondary N) is 2. The summed E-state index contributed by atoms with van der Waals surface area (Å²) in [4.78, 5) is 25.4. The van der Waals surface area contributed by atoms with Crippen molar-refractivity contribution in [3.8, 4) is 11.5 Å². The van der Waals surface area contributed by atoms with Gasteiger partial charge in [-0.2, -0.15) is 0 Å². The summed E-state index contributed by atoms with van der Waals surface area (Å²) in [5, 5.41) is 15.1. The van der Waals surface area contributed by atoms with Crippen molar-refractivity contribution in [1.29, 1.82) is 0 Å². The van der Waals surface area contributed by atoms with Gasteiger partial charge in [0.25, 0.3) is 11.8 Å². The summed E-state index contributed by atoms with van der Waals surface area (Å²) >= 11 is 13.0. The van der Waals surface area contributed by atoms with Gasteiger partial charge in [0.1, 0.15) is 16.4 Å². The quantitative estimate of drug-likeness (QED) is 0.459. The second-order valence-electron chi connectivity index (χ2n) is 6.23. The van der Waals surface area contributed by atoms with Gasteiger partial charge in [-0.3, -0.25) is 9.59 Å². The van der Waals surface area contributed by atoms with Gasteiger partial charge < -0.3 is 20.5 Å². The highest BCUT2D eigenvalue weighted by Crippen LogP contribution is 2.32. The molecule has 0 bridgehead atoms. The molecule has 3 N–H and O–H groups in total. The monoisotopic (exact) mass is 464 g/mol. The number of anilines is 1. The molecular weight excluding hydrogens is 447 g/mol. The molecule has 156 valence electrons. The number of benzene rings is 2. The maximum atomic E-state index is 12.6. The topological polar surface area (TPSA) is 87.7 Å². The average molecular weight is 465 g/mol. The summed E-state index contributed by atoms with van der Waals surface area (Å²) < 4.78 is 5.68. The van der Waals surface area contributed by atoms with E-state index in [0.29, 0.717) is 27.9 Å². The van der Waals surface area contributed by atoms with E-state index in [-0.39, 0.29) is 22.2 Å². The molecule has 2 amide bonds. The lowest BCUT2D eigenvalue weighted by Gasteiger charge is -2.10. The maximum Gasteiger partial charge on any atom is 0.263 e. The normalized spacial score (nSPS) is 10.5. The van der Waals surface area contributed by atoms with Crippen LogP contribution in [0.1, 0.15) is 25.6 Å². The largest absolute Gasteiger partial charge is 0.506 e. The number of methoxy groups -OCH3 is 1. The molecule has 0 saturated heterocycles. The molecule has 1 aromatic heterocycles. The van der Waals surface area contributed by atoms with Crippen LogP contribution >= 0.6 is 34.5 Å². The Kier molecular flexibility index (Phi) is 7.20. The summed E-state index contributed by atoms with van der Waals surface area (Å²) in [5.74, 6) is -0.191. The van der Waals surface area contributed by atoms with Crippen LogP contribution in [0.15, 0.2) is 48.5 Å². The zero-order valence-corrected chi connectivity index (χ0v) is 18.2. The predicted molar refractivity (Wildman–Crippen MR) is 119 cm³/mol. The first-order valence-corrected chi connectivity index (χ1v) is 10.5. The maximum absolute atomic E-state index is 12.6. The molecule has 30 heavy (non-hydrogen) atoms. The van der Waals surface area contributed by atoms with Gasteiger partial charge in [-0.1, -0.05) is 41.4 Å². The van der Waals surface area contributed by atoms with Crippen LogP contribution in [0.4, 0.5) is 5.69 Å². The number of aromatic hydroxyl groups is 1. The fourth-order valence-electron chi connectivity index (χ4n) is 2.77. The number of halogens is 2. The number of carbonyl (C=O) groups excluding carboxylic acids is 2. The molecule has 0 radical (unpaired) electrons. The zero-order chi connectivity index (χ0) is 21.7.